The molecule has 13 rings (SSSR count). The zero-order valence-electron chi connectivity index (χ0n) is 39.9. The van der Waals surface area contributed by atoms with Crippen molar-refractivity contribution >= 4 is 21.5 Å². The van der Waals surface area contributed by atoms with Gasteiger partial charge in [-0.3, -0.25) is 0 Å². The standard InChI is InChI=1S/C65H41F9/c1-60(63(66,67)68)54-11-7-6-10-48(54)49-23-19-44(32-55(49)60)45-20-25-52-53-27-22-47(35-59(53)62(3,58(52)33-45)65(72,73)74)46-21-26-51-50-24-18-43(31-56(50)61(2,57(51)34-46)64(69,70)71)42-17-16-40-29-39(14-15-41(40)30-42)38-13-12-36-8-4-5-9-37(36)28-38/h4-35H,1-3H3. The van der Waals surface area contributed by atoms with Crippen LogP contribution in [-0.2, 0) is 16.2 Å². The highest BCUT2D eigenvalue weighted by Crippen LogP contribution is 2.61. The van der Waals surface area contributed by atoms with Gasteiger partial charge in [-0.2, -0.15) is 39.5 Å². The summed E-state index contributed by atoms with van der Waals surface area (Å²) in [7, 11) is 0. The average molecular weight is 993 g/mol. The largest absolute Gasteiger partial charge is 0.402 e. The van der Waals surface area contributed by atoms with E-state index in [0.29, 0.717) is 61.2 Å². The van der Waals surface area contributed by atoms with Gasteiger partial charge in [0.25, 0.3) is 0 Å². The first-order valence-electron chi connectivity index (χ1n) is 24.3. The number of benzene rings is 10. The molecule has 0 spiro atoms. The molecule has 0 amide bonds. The van der Waals surface area contributed by atoms with Crippen molar-refractivity contribution in [3.05, 3.63) is 228 Å². The first-order valence-corrected chi connectivity index (χ1v) is 24.3. The summed E-state index contributed by atoms with van der Waals surface area (Å²) in [4.78, 5) is 0. The van der Waals surface area contributed by atoms with Gasteiger partial charge in [-0.05, 0) is 202 Å². The number of fused-ring (bicyclic) bond motifs is 11. The van der Waals surface area contributed by atoms with Crippen molar-refractivity contribution in [2.75, 3.05) is 0 Å². The van der Waals surface area contributed by atoms with Gasteiger partial charge < -0.3 is 0 Å². The Balaban J connectivity index is 0.847. The third kappa shape index (κ3) is 6.31. The maximum atomic E-state index is 15.8. The zero-order chi connectivity index (χ0) is 51.5. The van der Waals surface area contributed by atoms with Crippen LogP contribution in [0.2, 0.25) is 0 Å². The summed E-state index contributed by atoms with van der Waals surface area (Å²) in [5, 5.41) is 4.20. The normalized spacial score (nSPS) is 19.5. The smallest absolute Gasteiger partial charge is 0.170 e. The minimum absolute atomic E-state index is 0.000421. The summed E-state index contributed by atoms with van der Waals surface area (Å²) in [6.07, 6.45) is -14.3. The molecule has 3 unspecified atom stereocenters. The molecular weight excluding hydrogens is 952 g/mol. The zero-order valence-corrected chi connectivity index (χ0v) is 39.9. The molecule has 3 aliphatic rings. The van der Waals surface area contributed by atoms with E-state index in [-0.39, 0.29) is 33.4 Å². The van der Waals surface area contributed by atoms with Crippen LogP contribution >= 0.6 is 0 Å². The fourth-order valence-electron chi connectivity index (χ4n) is 12.3. The Morgan fingerprint density at radius 2 is 0.459 bits per heavy atom. The molecule has 0 aromatic heterocycles. The molecule has 0 N–H and O–H groups in total. The van der Waals surface area contributed by atoms with E-state index in [9.17, 15) is 13.2 Å². The highest BCUT2D eigenvalue weighted by Gasteiger charge is 2.61. The lowest BCUT2D eigenvalue weighted by Gasteiger charge is -2.31. The maximum absolute atomic E-state index is 15.8. The van der Waals surface area contributed by atoms with Crippen molar-refractivity contribution in [3.63, 3.8) is 0 Å². The monoisotopic (exact) mass is 992 g/mol. The van der Waals surface area contributed by atoms with Gasteiger partial charge in [0, 0.05) is 0 Å². The second-order valence-electron chi connectivity index (χ2n) is 20.6. The van der Waals surface area contributed by atoms with E-state index in [0.717, 1.165) is 52.1 Å². The molecule has 364 valence electrons. The number of halogens is 9. The van der Waals surface area contributed by atoms with Crippen molar-refractivity contribution in [1.82, 2.24) is 0 Å². The van der Waals surface area contributed by atoms with E-state index in [2.05, 4.69) is 36.4 Å². The molecule has 0 bridgehead atoms. The van der Waals surface area contributed by atoms with Crippen LogP contribution in [0, 0.1) is 0 Å². The molecule has 0 aliphatic heterocycles. The third-order valence-electron chi connectivity index (χ3n) is 16.8. The van der Waals surface area contributed by atoms with Crippen LogP contribution in [0.15, 0.2) is 194 Å². The predicted molar refractivity (Wildman–Crippen MR) is 277 cm³/mol. The van der Waals surface area contributed by atoms with Crippen molar-refractivity contribution < 1.29 is 39.5 Å². The molecule has 10 aromatic carbocycles. The van der Waals surface area contributed by atoms with E-state index in [1.807, 2.05) is 48.5 Å². The molecule has 0 saturated heterocycles. The molecule has 0 fully saturated rings. The highest BCUT2D eigenvalue weighted by molar-refractivity contribution is 5.95. The molecule has 74 heavy (non-hydrogen) atoms. The van der Waals surface area contributed by atoms with Gasteiger partial charge >= 0.3 is 18.5 Å². The average Bonchev–Trinajstić information content (AvgIpc) is 3.93. The topological polar surface area (TPSA) is 0 Å². The van der Waals surface area contributed by atoms with Crippen LogP contribution in [0.1, 0.15) is 54.2 Å². The molecule has 10 aromatic rings. The van der Waals surface area contributed by atoms with Gasteiger partial charge in [0.2, 0.25) is 0 Å². The lowest BCUT2D eigenvalue weighted by atomic mass is 9.77. The van der Waals surface area contributed by atoms with Crippen molar-refractivity contribution in [1.29, 1.82) is 0 Å². The van der Waals surface area contributed by atoms with Gasteiger partial charge in [-0.15, -0.1) is 0 Å². The Bertz CT molecular complexity index is 4040. The van der Waals surface area contributed by atoms with E-state index < -0.39 is 34.8 Å². The Labute approximate surface area is 420 Å². The number of alkyl halides is 9. The summed E-state index contributed by atoms with van der Waals surface area (Å²) in [5.41, 5.74) is -0.254. The van der Waals surface area contributed by atoms with Crippen molar-refractivity contribution in [2.45, 2.75) is 55.5 Å². The summed E-state index contributed by atoms with van der Waals surface area (Å²) >= 11 is 0. The lowest BCUT2D eigenvalue weighted by molar-refractivity contribution is -0.172. The van der Waals surface area contributed by atoms with Crippen LogP contribution in [0.4, 0.5) is 39.5 Å². The SMILES string of the molecule is CC1(C(F)(F)F)c2ccccc2-c2ccc(-c3ccc4c(c3)C(C)(C(F)(F)F)c3cc(-c5ccc6c(c5)C(C)(C(F)(F)F)c5cc(-c7ccc8cc(-c9ccc%10ccccc%10c9)ccc8c7)ccc5-6)ccc3-4)cc21. The van der Waals surface area contributed by atoms with Gasteiger partial charge in [-0.1, -0.05) is 146 Å². The predicted octanol–water partition coefficient (Wildman–Crippen LogP) is 19.2. The van der Waals surface area contributed by atoms with Gasteiger partial charge in [0.15, 0.2) is 0 Å². The van der Waals surface area contributed by atoms with Crippen molar-refractivity contribution in [3.8, 4) is 77.9 Å². The van der Waals surface area contributed by atoms with Crippen LogP contribution in [-0.4, -0.2) is 18.5 Å². The molecule has 0 nitrogen and oxygen atoms in total. The van der Waals surface area contributed by atoms with Crippen molar-refractivity contribution in [2.24, 2.45) is 0 Å². The van der Waals surface area contributed by atoms with E-state index >= 15 is 26.3 Å². The summed E-state index contributed by atoms with van der Waals surface area (Å²) < 4.78 is 140. The van der Waals surface area contributed by atoms with Crippen LogP contribution in [0.3, 0.4) is 0 Å². The molecule has 3 aliphatic carbocycles. The Hall–Kier alpha value is -7.91. The lowest BCUT2D eigenvalue weighted by Crippen LogP contribution is -2.39. The maximum Gasteiger partial charge on any atom is 0.402 e. The molecule has 3 atom stereocenters. The Kier molecular flexibility index (Phi) is 9.51. The molecule has 0 heterocycles. The molecule has 0 radical (unpaired) electrons. The second kappa shape index (κ2) is 15.3. The fraction of sp³-hybridized carbons (Fsp3) is 0.138. The molecular formula is C65H41F9. The van der Waals surface area contributed by atoms with Gasteiger partial charge in [0.05, 0.1) is 0 Å². The van der Waals surface area contributed by atoms with Crippen LogP contribution in [0.25, 0.3) is 99.4 Å². The van der Waals surface area contributed by atoms with Crippen LogP contribution in [0.5, 0.6) is 0 Å². The highest BCUT2D eigenvalue weighted by atomic mass is 19.4. The van der Waals surface area contributed by atoms with Gasteiger partial charge in [-0.25, -0.2) is 0 Å². The van der Waals surface area contributed by atoms with E-state index in [4.69, 9.17) is 0 Å². The molecule has 0 saturated carbocycles. The number of rotatable bonds is 4. The summed E-state index contributed by atoms with van der Waals surface area (Å²) in [6.45, 7) is 3.39. The quantitative estimate of drug-likeness (QED) is 0.154. The third-order valence-corrected chi connectivity index (χ3v) is 16.8. The van der Waals surface area contributed by atoms with Crippen LogP contribution < -0.4 is 0 Å². The van der Waals surface area contributed by atoms with Gasteiger partial charge in [0.1, 0.15) is 16.2 Å². The number of hydrogen-bond acceptors (Lipinski definition) is 0. The Morgan fingerprint density at radius 3 is 0.797 bits per heavy atom. The van der Waals surface area contributed by atoms with E-state index in [1.54, 1.807) is 78.9 Å². The summed E-state index contributed by atoms with van der Waals surface area (Å²) in [6, 6.07) is 56.7. The Morgan fingerprint density at radius 1 is 0.230 bits per heavy atom. The second-order valence-corrected chi connectivity index (χ2v) is 20.6. The molecule has 9 heteroatoms. The number of hydrogen-bond donors (Lipinski definition) is 0. The first-order chi connectivity index (χ1) is 35.2. The summed E-state index contributed by atoms with van der Waals surface area (Å²) in [5.74, 6) is 0. The minimum atomic E-state index is -4.85. The fourth-order valence-corrected chi connectivity index (χ4v) is 12.3. The minimum Gasteiger partial charge on any atom is -0.170 e. The van der Waals surface area contributed by atoms with E-state index in [1.165, 1.54) is 37.3 Å². The first kappa shape index (κ1) is 45.9.